The van der Waals surface area contributed by atoms with Crippen LogP contribution < -0.4 is 10.5 Å². The Balaban J connectivity index is 2.48. The van der Waals surface area contributed by atoms with E-state index in [1.807, 2.05) is 13.8 Å². The minimum atomic E-state index is 0.208. The average Bonchev–Trinajstić information content (AvgIpc) is 2.81. The van der Waals surface area contributed by atoms with Crippen molar-refractivity contribution < 1.29 is 9.53 Å². The van der Waals surface area contributed by atoms with Gasteiger partial charge in [-0.05, 0) is 31.0 Å². The summed E-state index contributed by atoms with van der Waals surface area (Å²) < 4.78 is 7.43. The van der Waals surface area contributed by atoms with Crippen molar-refractivity contribution in [3.63, 3.8) is 0 Å². The molecule has 0 saturated heterocycles. The first-order valence-corrected chi connectivity index (χ1v) is 6.05. The van der Waals surface area contributed by atoms with Crippen molar-refractivity contribution in [2.75, 3.05) is 12.8 Å². The summed E-state index contributed by atoms with van der Waals surface area (Å²) in [5, 5.41) is 0.959. The molecule has 1 aliphatic heterocycles. The van der Waals surface area contributed by atoms with Crippen molar-refractivity contribution in [2.45, 2.75) is 26.8 Å². The van der Waals surface area contributed by atoms with E-state index in [0.717, 1.165) is 34.3 Å². The van der Waals surface area contributed by atoms with Crippen LogP contribution in [0.2, 0.25) is 0 Å². The number of hydrogen-bond acceptors (Lipinski definition) is 3. The van der Waals surface area contributed by atoms with Crippen LogP contribution in [0, 0.1) is 13.8 Å². The second kappa shape index (κ2) is 3.51. The van der Waals surface area contributed by atoms with Gasteiger partial charge in [0.15, 0.2) is 5.78 Å². The number of aryl methyl sites for hydroxylation is 3. The molecule has 4 nitrogen and oxygen atoms in total. The SMILES string of the molecule is COc1c(C)cc2c(c(C)c3n2CCC3=O)c1N. The number of rotatable bonds is 1. The van der Waals surface area contributed by atoms with Gasteiger partial charge in [-0.1, -0.05) is 0 Å². The molecule has 1 aliphatic rings. The monoisotopic (exact) mass is 244 g/mol. The van der Waals surface area contributed by atoms with Crippen LogP contribution in [0.4, 0.5) is 5.69 Å². The van der Waals surface area contributed by atoms with Gasteiger partial charge in [-0.25, -0.2) is 0 Å². The first kappa shape index (κ1) is 11.1. The molecule has 1 aromatic heterocycles. The number of carbonyl (C=O) groups is 1. The highest BCUT2D eigenvalue weighted by molar-refractivity contribution is 6.08. The van der Waals surface area contributed by atoms with Crippen molar-refractivity contribution in [3.8, 4) is 5.75 Å². The second-order valence-corrected chi connectivity index (χ2v) is 4.83. The number of benzene rings is 1. The Kier molecular flexibility index (Phi) is 2.17. The van der Waals surface area contributed by atoms with E-state index in [9.17, 15) is 4.79 Å². The standard InChI is InChI=1S/C14H16N2O2/c1-7-6-9-11(12(15)14(7)18-3)8(2)13-10(17)4-5-16(9)13/h6H,4-5,15H2,1-3H3. The van der Waals surface area contributed by atoms with Crippen LogP contribution in [0.25, 0.3) is 10.9 Å². The molecule has 0 amide bonds. The smallest absolute Gasteiger partial charge is 0.181 e. The minimum absolute atomic E-state index is 0.208. The van der Waals surface area contributed by atoms with Gasteiger partial charge in [0.05, 0.1) is 24.0 Å². The molecule has 0 spiro atoms. The van der Waals surface area contributed by atoms with E-state index in [2.05, 4.69) is 10.6 Å². The number of carbonyl (C=O) groups excluding carboxylic acids is 1. The average molecular weight is 244 g/mol. The molecule has 2 aromatic rings. The van der Waals surface area contributed by atoms with E-state index in [4.69, 9.17) is 10.5 Å². The van der Waals surface area contributed by atoms with Gasteiger partial charge >= 0.3 is 0 Å². The largest absolute Gasteiger partial charge is 0.494 e. The maximum Gasteiger partial charge on any atom is 0.181 e. The number of aromatic nitrogens is 1. The molecule has 2 heterocycles. The fraction of sp³-hybridized carbons (Fsp3) is 0.357. The lowest BCUT2D eigenvalue weighted by Gasteiger charge is -2.11. The van der Waals surface area contributed by atoms with Crippen molar-refractivity contribution in [2.24, 2.45) is 0 Å². The van der Waals surface area contributed by atoms with E-state index in [1.54, 1.807) is 7.11 Å². The molecular formula is C14H16N2O2. The number of nitrogens with zero attached hydrogens (tertiary/aromatic N) is 1. The van der Waals surface area contributed by atoms with E-state index in [-0.39, 0.29) is 5.78 Å². The van der Waals surface area contributed by atoms with Crippen molar-refractivity contribution in [1.29, 1.82) is 0 Å². The van der Waals surface area contributed by atoms with E-state index >= 15 is 0 Å². The molecule has 2 N–H and O–H groups in total. The number of anilines is 1. The van der Waals surface area contributed by atoms with Crippen LogP contribution in [0.1, 0.15) is 28.0 Å². The number of nitrogens with two attached hydrogens (primary N) is 1. The van der Waals surface area contributed by atoms with E-state index < -0.39 is 0 Å². The van der Waals surface area contributed by atoms with Crippen LogP contribution in [0.15, 0.2) is 6.07 Å². The van der Waals surface area contributed by atoms with Gasteiger partial charge in [-0.15, -0.1) is 0 Å². The predicted molar refractivity (Wildman–Crippen MR) is 71.3 cm³/mol. The highest BCUT2D eigenvalue weighted by atomic mass is 16.5. The molecular weight excluding hydrogens is 228 g/mol. The summed E-state index contributed by atoms with van der Waals surface area (Å²) in [5.41, 5.74) is 10.7. The summed E-state index contributed by atoms with van der Waals surface area (Å²) in [6.07, 6.45) is 0.594. The summed E-state index contributed by atoms with van der Waals surface area (Å²) in [6, 6.07) is 2.06. The zero-order valence-corrected chi connectivity index (χ0v) is 10.8. The first-order chi connectivity index (χ1) is 8.56. The third-order valence-corrected chi connectivity index (χ3v) is 3.80. The lowest BCUT2D eigenvalue weighted by atomic mass is 10.0. The molecule has 0 unspecified atom stereocenters. The van der Waals surface area contributed by atoms with Gasteiger partial charge in [0.2, 0.25) is 0 Å². The van der Waals surface area contributed by atoms with Gasteiger partial charge in [0.25, 0.3) is 0 Å². The van der Waals surface area contributed by atoms with Gasteiger partial charge in [-0.3, -0.25) is 4.79 Å². The van der Waals surface area contributed by atoms with Crippen molar-refractivity contribution in [1.82, 2.24) is 4.57 Å². The van der Waals surface area contributed by atoms with Gasteiger partial charge < -0.3 is 15.0 Å². The number of ketones is 1. The fourth-order valence-electron chi connectivity index (χ4n) is 3.05. The van der Waals surface area contributed by atoms with Gasteiger partial charge in [-0.2, -0.15) is 0 Å². The normalized spacial score (nSPS) is 14.3. The number of methoxy groups -OCH3 is 1. The quantitative estimate of drug-likeness (QED) is 0.784. The number of fused-ring (bicyclic) bond motifs is 3. The molecule has 0 radical (unpaired) electrons. The molecule has 0 fully saturated rings. The third-order valence-electron chi connectivity index (χ3n) is 3.80. The predicted octanol–water partition coefficient (Wildman–Crippen LogP) is 2.44. The summed E-state index contributed by atoms with van der Waals surface area (Å²) in [5.74, 6) is 0.919. The zero-order valence-electron chi connectivity index (χ0n) is 10.8. The topological polar surface area (TPSA) is 57.2 Å². The van der Waals surface area contributed by atoms with Crippen molar-refractivity contribution >= 4 is 22.4 Å². The Hall–Kier alpha value is -1.97. The Bertz CT molecular complexity index is 683. The molecule has 0 aliphatic carbocycles. The lowest BCUT2D eigenvalue weighted by molar-refractivity contribution is 0.0994. The Morgan fingerprint density at radius 3 is 2.78 bits per heavy atom. The highest BCUT2D eigenvalue weighted by Crippen LogP contribution is 2.40. The summed E-state index contributed by atoms with van der Waals surface area (Å²) >= 11 is 0. The zero-order chi connectivity index (χ0) is 13.0. The number of hydrogen-bond donors (Lipinski definition) is 1. The van der Waals surface area contributed by atoms with Gasteiger partial charge in [0, 0.05) is 18.4 Å². The third kappa shape index (κ3) is 1.17. The maximum absolute atomic E-state index is 11.9. The molecule has 94 valence electrons. The second-order valence-electron chi connectivity index (χ2n) is 4.83. The van der Waals surface area contributed by atoms with E-state index in [0.29, 0.717) is 17.9 Å². The molecule has 0 atom stereocenters. The van der Waals surface area contributed by atoms with E-state index in [1.165, 1.54) is 0 Å². The molecule has 0 saturated carbocycles. The maximum atomic E-state index is 11.9. The first-order valence-electron chi connectivity index (χ1n) is 6.05. The van der Waals surface area contributed by atoms with Crippen LogP contribution in [0.5, 0.6) is 5.75 Å². The molecule has 18 heavy (non-hydrogen) atoms. The molecule has 1 aromatic carbocycles. The minimum Gasteiger partial charge on any atom is -0.494 e. The highest BCUT2D eigenvalue weighted by Gasteiger charge is 2.27. The van der Waals surface area contributed by atoms with Crippen molar-refractivity contribution in [3.05, 3.63) is 22.9 Å². The van der Waals surface area contributed by atoms with Crippen LogP contribution in [0.3, 0.4) is 0 Å². The fourth-order valence-corrected chi connectivity index (χ4v) is 3.05. The number of Topliss-reactive ketones (excluding diaryl/α,β-unsaturated/α-hetero) is 1. The van der Waals surface area contributed by atoms with Crippen LogP contribution in [-0.4, -0.2) is 17.5 Å². The molecule has 0 bridgehead atoms. The summed E-state index contributed by atoms with van der Waals surface area (Å²) in [7, 11) is 1.62. The Morgan fingerprint density at radius 2 is 2.11 bits per heavy atom. The number of ether oxygens (including phenoxy) is 1. The number of nitrogen functional groups attached to an aromatic ring is 1. The van der Waals surface area contributed by atoms with Crippen LogP contribution in [-0.2, 0) is 6.54 Å². The lowest BCUT2D eigenvalue weighted by Crippen LogP contribution is -1.98. The molecule has 4 heteroatoms. The summed E-state index contributed by atoms with van der Waals surface area (Å²) in [6.45, 7) is 4.69. The Morgan fingerprint density at radius 1 is 1.39 bits per heavy atom. The van der Waals surface area contributed by atoms with Crippen LogP contribution >= 0.6 is 0 Å². The summed E-state index contributed by atoms with van der Waals surface area (Å²) in [4.78, 5) is 11.9. The molecule has 3 rings (SSSR count). The van der Waals surface area contributed by atoms with Gasteiger partial charge in [0.1, 0.15) is 5.75 Å². The Labute approximate surface area is 105 Å².